The highest BCUT2D eigenvalue weighted by Crippen LogP contribution is 1.93. The topological polar surface area (TPSA) is 0 Å². The average Bonchev–Trinajstić information content (AvgIpc) is 2.05. The summed E-state index contributed by atoms with van der Waals surface area (Å²) in [5, 5.41) is 0. The van der Waals surface area contributed by atoms with Gasteiger partial charge in [0.05, 0.1) is 0 Å². The first-order valence-electron chi connectivity index (χ1n) is 4.30. The third-order valence-electron chi connectivity index (χ3n) is 1.54. The second-order valence-electron chi connectivity index (χ2n) is 2.57. The molecule has 0 atom stereocenters. The van der Waals surface area contributed by atoms with E-state index in [-0.39, 0.29) is 0 Å². The van der Waals surface area contributed by atoms with Crippen LogP contribution in [-0.2, 0) is 0 Å². The first-order valence-corrected chi connectivity index (χ1v) is 4.30. The predicted molar refractivity (Wildman–Crippen MR) is 54.9 cm³/mol. The SMILES string of the molecule is C1=C/C=C/C/C=C/C/C=C/C=C1. The zero-order valence-electron chi connectivity index (χ0n) is 7.19. The largest absolute Gasteiger partial charge is 0.0844 e. The summed E-state index contributed by atoms with van der Waals surface area (Å²) in [4.78, 5) is 0. The molecule has 0 unspecified atom stereocenters. The quantitative estimate of drug-likeness (QED) is 0.473. The first kappa shape index (κ1) is 8.79. The van der Waals surface area contributed by atoms with E-state index < -0.39 is 0 Å². The fourth-order valence-electron chi connectivity index (χ4n) is 0.920. The Morgan fingerprint density at radius 1 is 0.417 bits per heavy atom. The van der Waals surface area contributed by atoms with E-state index in [2.05, 4.69) is 36.5 Å². The maximum absolute atomic E-state index is 2.18. The van der Waals surface area contributed by atoms with Crippen molar-refractivity contribution < 1.29 is 0 Å². The van der Waals surface area contributed by atoms with Gasteiger partial charge in [0.2, 0.25) is 0 Å². The molecule has 0 N–H and O–H groups in total. The molecule has 1 rings (SSSR count). The molecule has 0 heteroatoms. The fraction of sp³-hybridized carbons (Fsp3) is 0.167. The van der Waals surface area contributed by atoms with Crippen LogP contribution < -0.4 is 0 Å². The number of hydrogen-bond donors (Lipinski definition) is 0. The minimum absolute atomic E-state index is 1.03. The van der Waals surface area contributed by atoms with Crippen molar-refractivity contribution in [2.24, 2.45) is 0 Å². The van der Waals surface area contributed by atoms with E-state index in [0.29, 0.717) is 0 Å². The molecule has 12 heavy (non-hydrogen) atoms. The van der Waals surface area contributed by atoms with Gasteiger partial charge in [-0.15, -0.1) is 0 Å². The fourth-order valence-corrected chi connectivity index (χ4v) is 0.920. The number of allylic oxidation sites excluding steroid dienone is 10. The van der Waals surface area contributed by atoms with Crippen molar-refractivity contribution in [3.63, 3.8) is 0 Å². The molecule has 0 bridgehead atoms. The van der Waals surface area contributed by atoms with Crippen molar-refractivity contribution in [2.75, 3.05) is 0 Å². The summed E-state index contributed by atoms with van der Waals surface area (Å²) >= 11 is 0. The Morgan fingerprint density at radius 3 is 1.33 bits per heavy atom. The van der Waals surface area contributed by atoms with E-state index >= 15 is 0 Å². The molecular weight excluding hydrogens is 144 g/mol. The molecule has 0 aromatic carbocycles. The van der Waals surface area contributed by atoms with Crippen LogP contribution in [0.1, 0.15) is 12.8 Å². The van der Waals surface area contributed by atoms with Crippen LogP contribution in [0, 0.1) is 0 Å². The summed E-state index contributed by atoms with van der Waals surface area (Å²) in [5.74, 6) is 0. The Bertz CT molecular complexity index is 211. The van der Waals surface area contributed by atoms with E-state index in [1.165, 1.54) is 0 Å². The molecule has 0 heterocycles. The molecule has 0 nitrogen and oxygen atoms in total. The van der Waals surface area contributed by atoms with E-state index in [0.717, 1.165) is 12.8 Å². The molecular formula is C12H14. The summed E-state index contributed by atoms with van der Waals surface area (Å²) < 4.78 is 0. The lowest BCUT2D eigenvalue weighted by molar-refractivity contribution is 1.31. The van der Waals surface area contributed by atoms with Gasteiger partial charge in [-0.1, -0.05) is 60.8 Å². The second kappa shape index (κ2) is 6.41. The first-order chi connectivity index (χ1) is 6.00. The van der Waals surface area contributed by atoms with Gasteiger partial charge in [0.25, 0.3) is 0 Å². The summed E-state index contributed by atoms with van der Waals surface area (Å²) in [6.07, 6.45) is 23.0. The Morgan fingerprint density at radius 2 is 0.833 bits per heavy atom. The van der Waals surface area contributed by atoms with Crippen molar-refractivity contribution in [1.82, 2.24) is 0 Å². The monoisotopic (exact) mass is 158 g/mol. The molecule has 0 radical (unpaired) electrons. The van der Waals surface area contributed by atoms with Gasteiger partial charge in [0.15, 0.2) is 0 Å². The van der Waals surface area contributed by atoms with Gasteiger partial charge in [-0.05, 0) is 12.8 Å². The molecule has 0 amide bonds. The lowest BCUT2D eigenvalue weighted by atomic mass is 10.2. The van der Waals surface area contributed by atoms with Gasteiger partial charge in [0.1, 0.15) is 0 Å². The van der Waals surface area contributed by atoms with Gasteiger partial charge >= 0.3 is 0 Å². The number of hydrogen-bond acceptors (Lipinski definition) is 0. The third-order valence-corrected chi connectivity index (χ3v) is 1.54. The van der Waals surface area contributed by atoms with Gasteiger partial charge in [-0.3, -0.25) is 0 Å². The Balaban J connectivity index is 2.55. The molecule has 62 valence electrons. The van der Waals surface area contributed by atoms with Crippen LogP contribution in [0.15, 0.2) is 60.8 Å². The smallest absolute Gasteiger partial charge is 0.0166 e. The van der Waals surface area contributed by atoms with E-state index in [9.17, 15) is 0 Å². The van der Waals surface area contributed by atoms with Gasteiger partial charge in [0, 0.05) is 0 Å². The van der Waals surface area contributed by atoms with Crippen LogP contribution in [0.2, 0.25) is 0 Å². The Labute approximate surface area is 74.3 Å². The lowest BCUT2D eigenvalue weighted by Gasteiger charge is -1.83. The highest BCUT2D eigenvalue weighted by molar-refractivity contribution is 5.16. The molecule has 0 aromatic rings. The molecule has 0 saturated carbocycles. The van der Waals surface area contributed by atoms with Crippen LogP contribution in [-0.4, -0.2) is 0 Å². The maximum Gasteiger partial charge on any atom is -0.0166 e. The summed E-state index contributed by atoms with van der Waals surface area (Å²) in [6, 6.07) is 0. The standard InChI is InChI=1S/C12H14/c1-2-4-6-8-10-12-11-9-7-5-3-1/h1-8,11-12H,9-10H2/b3-1?,4-2?,7-5+,8-6+,12-11+. The Hall–Kier alpha value is -1.30. The maximum atomic E-state index is 2.18. The molecule has 0 fully saturated rings. The van der Waals surface area contributed by atoms with Crippen molar-refractivity contribution in [3.8, 4) is 0 Å². The normalized spacial score (nSPS) is 25.3. The third kappa shape index (κ3) is 4.51. The summed E-state index contributed by atoms with van der Waals surface area (Å²) in [5.41, 5.74) is 0. The van der Waals surface area contributed by atoms with Crippen LogP contribution in [0.4, 0.5) is 0 Å². The molecule has 1 aliphatic carbocycles. The minimum atomic E-state index is 1.03. The van der Waals surface area contributed by atoms with Crippen LogP contribution >= 0.6 is 0 Å². The van der Waals surface area contributed by atoms with Crippen LogP contribution in [0.5, 0.6) is 0 Å². The van der Waals surface area contributed by atoms with Gasteiger partial charge in [-0.25, -0.2) is 0 Å². The highest BCUT2D eigenvalue weighted by Gasteiger charge is 1.72. The molecule has 0 aliphatic heterocycles. The van der Waals surface area contributed by atoms with Crippen molar-refractivity contribution in [2.45, 2.75) is 12.8 Å². The molecule has 0 saturated heterocycles. The highest BCUT2D eigenvalue weighted by atomic mass is 13.8. The summed E-state index contributed by atoms with van der Waals surface area (Å²) in [6.45, 7) is 0. The van der Waals surface area contributed by atoms with E-state index in [1.807, 2.05) is 24.3 Å². The van der Waals surface area contributed by atoms with Gasteiger partial charge in [-0.2, -0.15) is 0 Å². The molecule has 0 spiro atoms. The zero-order valence-corrected chi connectivity index (χ0v) is 7.19. The predicted octanol–water partition coefficient (Wildman–Crippen LogP) is 3.56. The molecule has 1 aliphatic rings. The molecule has 0 aromatic heterocycles. The van der Waals surface area contributed by atoms with E-state index in [4.69, 9.17) is 0 Å². The van der Waals surface area contributed by atoms with Crippen molar-refractivity contribution in [3.05, 3.63) is 60.8 Å². The van der Waals surface area contributed by atoms with Crippen molar-refractivity contribution in [1.29, 1.82) is 0 Å². The minimum Gasteiger partial charge on any atom is -0.0844 e. The Kier molecular flexibility index (Phi) is 4.70. The second-order valence-corrected chi connectivity index (χ2v) is 2.57. The number of rotatable bonds is 0. The van der Waals surface area contributed by atoms with E-state index in [1.54, 1.807) is 0 Å². The summed E-state index contributed by atoms with van der Waals surface area (Å²) in [7, 11) is 0. The lowest BCUT2D eigenvalue weighted by Crippen LogP contribution is -1.62. The van der Waals surface area contributed by atoms with Crippen LogP contribution in [0.3, 0.4) is 0 Å². The van der Waals surface area contributed by atoms with Crippen molar-refractivity contribution >= 4 is 0 Å². The van der Waals surface area contributed by atoms with Gasteiger partial charge < -0.3 is 0 Å². The average molecular weight is 158 g/mol. The zero-order chi connectivity index (χ0) is 8.49. The van der Waals surface area contributed by atoms with Crippen LogP contribution in [0.25, 0.3) is 0 Å².